The third-order valence-electron chi connectivity index (χ3n) is 3.23. The molecule has 0 radical (unpaired) electrons. The zero-order valence-corrected chi connectivity index (χ0v) is 12.4. The molecule has 2 atom stereocenters. The van der Waals surface area contributed by atoms with Gasteiger partial charge in [-0.25, -0.2) is 0 Å². The van der Waals surface area contributed by atoms with E-state index in [4.69, 9.17) is 4.74 Å². The molecule has 2 heteroatoms. The van der Waals surface area contributed by atoms with E-state index in [0.717, 1.165) is 18.7 Å². The quantitative estimate of drug-likeness (QED) is 0.789. The standard InChI is InChI=1S/C16H27NO/c1-6-13(4)17-11-14(5)18-16-9-7-8-15(10-16)12(2)3/h7-10,12-14,17H,6,11H2,1-5H3. The van der Waals surface area contributed by atoms with Crippen molar-refractivity contribution in [2.45, 2.75) is 59.1 Å². The fourth-order valence-electron chi connectivity index (χ4n) is 1.73. The van der Waals surface area contributed by atoms with Gasteiger partial charge in [-0.1, -0.05) is 32.9 Å². The van der Waals surface area contributed by atoms with Crippen molar-refractivity contribution in [1.29, 1.82) is 0 Å². The van der Waals surface area contributed by atoms with Gasteiger partial charge in [-0.15, -0.1) is 0 Å². The molecule has 0 fully saturated rings. The smallest absolute Gasteiger partial charge is 0.120 e. The van der Waals surface area contributed by atoms with E-state index in [1.54, 1.807) is 0 Å². The summed E-state index contributed by atoms with van der Waals surface area (Å²) < 4.78 is 5.94. The average molecular weight is 249 g/mol. The van der Waals surface area contributed by atoms with Crippen molar-refractivity contribution in [2.75, 3.05) is 6.54 Å². The highest BCUT2D eigenvalue weighted by atomic mass is 16.5. The molecule has 2 nitrogen and oxygen atoms in total. The zero-order chi connectivity index (χ0) is 13.5. The van der Waals surface area contributed by atoms with E-state index < -0.39 is 0 Å². The van der Waals surface area contributed by atoms with Gasteiger partial charge in [-0.05, 0) is 43.9 Å². The molecule has 1 aromatic rings. The van der Waals surface area contributed by atoms with Crippen LogP contribution in [0.4, 0.5) is 0 Å². The summed E-state index contributed by atoms with van der Waals surface area (Å²) in [5, 5.41) is 3.46. The van der Waals surface area contributed by atoms with Crippen molar-refractivity contribution in [2.24, 2.45) is 0 Å². The minimum absolute atomic E-state index is 0.196. The molecule has 0 aliphatic heterocycles. The Kier molecular flexibility index (Phi) is 6.20. The van der Waals surface area contributed by atoms with Gasteiger partial charge in [-0.2, -0.15) is 0 Å². The Morgan fingerprint density at radius 2 is 1.89 bits per heavy atom. The maximum absolute atomic E-state index is 5.94. The summed E-state index contributed by atoms with van der Waals surface area (Å²) in [6, 6.07) is 8.95. The molecule has 1 rings (SSSR count). The maximum atomic E-state index is 5.94. The van der Waals surface area contributed by atoms with Crippen molar-refractivity contribution in [1.82, 2.24) is 5.32 Å². The SMILES string of the molecule is CCC(C)NCC(C)Oc1cccc(C(C)C)c1. The molecule has 1 N–H and O–H groups in total. The van der Waals surface area contributed by atoms with Crippen LogP contribution >= 0.6 is 0 Å². The first-order chi connectivity index (χ1) is 8.52. The monoisotopic (exact) mass is 249 g/mol. The Morgan fingerprint density at radius 3 is 2.50 bits per heavy atom. The number of ether oxygens (including phenoxy) is 1. The molecule has 0 saturated heterocycles. The van der Waals surface area contributed by atoms with E-state index in [-0.39, 0.29) is 6.10 Å². The van der Waals surface area contributed by atoms with Crippen LogP contribution in [0.15, 0.2) is 24.3 Å². The van der Waals surface area contributed by atoms with E-state index in [1.165, 1.54) is 5.56 Å². The Hall–Kier alpha value is -1.02. The second-order valence-corrected chi connectivity index (χ2v) is 5.37. The summed E-state index contributed by atoms with van der Waals surface area (Å²) in [7, 11) is 0. The largest absolute Gasteiger partial charge is 0.489 e. The molecule has 0 aromatic heterocycles. The van der Waals surface area contributed by atoms with E-state index in [9.17, 15) is 0 Å². The topological polar surface area (TPSA) is 21.3 Å². The van der Waals surface area contributed by atoms with Crippen molar-refractivity contribution in [3.05, 3.63) is 29.8 Å². The summed E-state index contributed by atoms with van der Waals surface area (Å²) in [5.74, 6) is 1.52. The predicted molar refractivity (Wildman–Crippen MR) is 78.4 cm³/mol. The molecule has 102 valence electrons. The number of hydrogen-bond acceptors (Lipinski definition) is 2. The zero-order valence-electron chi connectivity index (χ0n) is 12.4. The van der Waals surface area contributed by atoms with E-state index in [2.05, 4.69) is 58.1 Å². The average Bonchev–Trinajstić information content (AvgIpc) is 2.36. The summed E-state index contributed by atoms with van der Waals surface area (Å²) in [6.45, 7) is 11.8. The summed E-state index contributed by atoms with van der Waals surface area (Å²) in [6.07, 6.45) is 1.34. The van der Waals surface area contributed by atoms with Crippen LogP contribution < -0.4 is 10.1 Å². The molecule has 0 aliphatic carbocycles. The van der Waals surface area contributed by atoms with Crippen LogP contribution in [-0.2, 0) is 0 Å². The minimum Gasteiger partial charge on any atom is -0.489 e. The molecule has 2 unspecified atom stereocenters. The number of rotatable bonds is 7. The van der Waals surface area contributed by atoms with E-state index in [0.29, 0.717) is 12.0 Å². The second-order valence-electron chi connectivity index (χ2n) is 5.37. The van der Waals surface area contributed by atoms with Crippen LogP contribution in [0.25, 0.3) is 0 Å². The van der Waals surface area contributed by atoms with Crippen molar-refractivity contribution < 1.29 is 4.74 Å². The lowest BCUT2D eigenvalue weighted by Gasteiger charge is -2.19. The third-order valence-corrected chi connectivity index (χ3v) is 3.23. The molecule has 0 amide bonds. The van der Waals surface area contributed by atoms with Crippen molar-refractivity contribution >= 4 is 0 Å². The van der Waals surface area contributed by atoms with Gasteiger partial charge < -0.3 is 10.1 Å². The lowest BCUT2D eigenvalue weighted by molar-refractivity contribution is 0.212. The van der Waals surface area contributed by atoms with Crippen LogP contribution in [0.5, 0.6) is 5.75 Å². The molecule has 0 heterocycles. The predicted octanol–water partition coefficient (Wildman–Crippen LogP) is 3.97. The van der Waals surface area contributed by atoms with Gasteiger partial charge in [0, 0.05) is 12.6 Å². The normalized spacial score (nSPS) is 14.6. The fraction of sp³-hybridized carbons (Fsp3) is 0.625. The van der Waals surface area contributed by atoms with Crippen LogP contribution in [0, 0.1) is 0 Å². The Morgan fingerprint density at radius 1 is 1.17 bits per heavy atom. The first-order valence-electron chi connectivity index (χ1n) is 7.03. The number of nitrogens with one attached hydrogen (secondary N) is 1. The molecule has 1 aromatic carbocycles. The summed E-state index contributed by atoms with van der Waals surface area (Å²) >= 11 is 0. The summed E-state index contributed by atoms with van der Waals surface area (Å²) in [5.41, 5.74) is 1.33. The highest BCUT2D eigenvalue weighted by Crippen LogP contribution is 2.20. The molecule has 0 aliphatic rings. The Balaban J connectivity index is 2.48. The van der Waals surface area contributed by atoms with E-state index in [1.807, 2.05) is 6.07 Å². The van der Waals surface area contributed by atoms with Gasteiger partial charge in [-0.3, -0.25) is 0 Å². The van der Waals surface area contributed by atoms with Crippen LogP contribution in [0.1, 0.15) is 52.5 Å². The molecule has 18 heavy (non-hydrogen) atoms. The van der Waals surface area contributed by atoms with Gasteiger partial charge in [0.05, 0.1) is 0 Å². The molecular formula is C16H27NO. The third kappa shape index (κ3) is 5.09. The summed E-state index contributed by atoms with van der Waals surface area (Å²) in [4.78, 5) is 0. The minimum atomic E-state index is 0.196. The van der Waals surface area contributed by atoms with Gasteiger partial charge in [0.15, 0.2) is 0 Å². The Bertz CT molecular complexity index is 349. The van der Waals surface area contributed by atoms with Gasteiger partial charge in [0.25, 0.3) is 0 Å². The highest BCUT2D eigenvalue weighted by Gasteiger charge is 2.07. The lowest BCUT2D eigenvalue weighted by Crippen LogP contribution is -2.34. The van der Waals surface area contributed by atoms with Gasteiger partial charge >= 0.3 is 0 Å². The first kappa shape index (κ1) is 15.0. The maximum Gasteiger partial charge on any atom is 0.120 e. The van der Waals surface area contributed by atoms with Crippen molar-refractivity contribution in [3.63, 3.8) is 0 Å². The highest BCUT2D eigenvalue weighted by molar-refractivity contribution is 5.30. The number of hydrogen-bond donors (Lipinski definition) is 1. The Labute approximate surface area is 112 Å². The van der Waals surface area contributed by atoms with Gasteiger partial charge in [0.2, 0.25) is 0 Å². The molecule has 0 spiro atoms. The second kappa shape index (κ2) is 7.42. The van der Waals surface area contributed by atoms with Crippen LogP contribution in [0.3, 0.4) is 0 Å². The van der Waals surface area contributed by atoms with Gasteiger partial charge in [0.1, 0.15) is 11.9 Å². The molecule has 0 bridgehead atoms. The van der Waals surface area contributed by atoms with Crippen molar-refractivity contribution in [3.8, 4) is 5.75 Å². The fourth-order valence-corrected chi connectivity index (χ4v) is 1.73. The first-order valence-corrected chi connectivity index (χ1v) is 7.03. The molecular weight excluding hydrogens is 222 g/mol. The van der Waals surface area contributed by atoms with E-state index >= 15 is 0 Å². The lowest BCUT2D eigenvalue weighted by atomic mass is 10.0. The van der Waals surface area contributed by atoms with Crippen LogP contribution in [-0.4, -0.2) is 18.7 Å². The number of benzene rings is 1. The van der Waals surface area contributed by atoms with Crippen LogP contribution in [0.2, 0.25) is 0 Å². The molecule has 0 saturated carbocycles.